The summed E-state index contributed by atoms with van der Waals surface area (Å²) in [5.74, 6) is 0.137. The third-order valence-electron chi connectivity index (χ3n) is 3.29. The van der Waals surface area contributed by atoms with E-state index >= 15 is 0 Å². The number of carbonyl (C=O) groups is 1. The van der Waals surface area contributed by atoms with Gasteiger partial charge in [-0.15, -0.1) is 0 Å². The van der Waals surface area contributed by atoms with Crippen molar-refractivity contribution in [2.45, 2.75) is 19.8 Å². The molecule has 0 spiro atoms. The Labute approximate surface area is 108 Å². The number of nitrogens with one attached hydrogen (secondary N) is 1. The van der Waals surface area contributed by atoms with Crippen LogP contribution in [0, 0.1) is 0 Å². The number of para-hydroxylation sites is 1. The first-order valence-electron chi connectivity index (χ1n) is 6.39. The van der Waals surface area contributed by atoms with Crippen LogP contribution in [0.4, 0.5) is 5.69 Å². The van der Waals surface area contributed by atoms with Crippen LogP contribution in [0.25, 0.3) is 0 Å². The largest absolute Gasteiger partial charge is 0.384 e. The van der Waals surface area contributed by atoms with E-state index < -0.39 is 0 Å². The molecule has 1 aromatic rings. The molecule has 1 unspecified atom stereocenters. The highest BCUT2D eigenvalue weighted by Gasteiger charge is 2.30. The lowest BCUT2D eigenvalue weighted by atomic mass is 9.99. The minimum atomic E-state index is -0.0551. The summed E-state index contributed by atoms with van der Waals surface area (Å²) in [5, 5.41) is 3.29. The molecule has 0 aliphatic carbocycles. The van der Waals surface area contributed by atoms with E-state index in [0.29, 0.717) is 13.1 Å². The quantitative estimate of drug-likeness (QED) is 0.826. The summed E-state index contributed by atoms with van der Waals surface area (Å²) < 4.78 is 0. The third kappa shape index (κ3) is 2.40. The smallest absolute Gasteiger partial charge is 0.232 e. The van der Waals surface area contributed by atoms with Crippen LogP contribution in [0.15, 0.2) is 36.4 Å². The van der Waals surface area contributed by atoms with Gasteiger partial charge in [0.15, 0.2) is 0 Å². The van der Waals surface area contributed by atoms with Gasteiger partial charge in [-0.1, -0.05) is 30.4 Å². The van der Waals surface area contributed by atoms with Gasteiger partial charge < -0.3 is 10.2 Å². The summed E-state index contributed by atoms with van der Waals surface area (Å²) in [6.07, 6.45) is 0. The van der Waals surface area contributed by atoms with E-state index in [2.05, 4.69) is 11.9 Å². The molecule has 96 valence electrons. The SMILES string of the molecule is C=C(C)CN(CC)C(=O)C1CNc2ccccc21. The normalized spacial score (nSPS) is 16.9. The Morgan fingerprint density at radius 1 is 1.50 bits per heavy atom. The first kappa shape index (κ1) is 12.7. The van der Waals surface area contributed by atoms with E-state index in [4.69, 9.17) is 0 Å². The molecule has 0 saturated carbocycles. The first-order valence-corrected chi connectivity index (χ1v) is 6.39. The molecule has 1 heterocycles. The Morgan fingerprint density at radius 3 is 2.89 bits per heavy atom. The Bertz CT molecular complexity index is 467. The maximum absolute atomic E-state index is 12.5. The molecule has 1 aliphatic heterocycles. The fourth-order valence-electron chi connectivity index (χ4n) is 2.40. The lowest BCUT2D eigenvalue weighted by molar-refractivity contribution is -0.131. The minimum absolute atomic E-state index is 0.0551. The predicted molar refractivity (Wildman–Crippen MR) is 74.7 cm³/mol. The number of anilines is 1. The van der Waals surface area contributed by atoms with E-state index in [-0.39, 0.29) is 11.8 Å². The molecular weight excluding hydrogens is 224 g/mol. The summed E-state index contributed by atoms with van der Waals surface area (Å²) in [7, 11) is 0. The van der Waals surface area contributed by atoms with Gasteiger partial charge in [-0.05, 0) is 25.5 Å². The number of rotatable bonds is 4. The summed E-state index contributed by atoms with van der Waals surface area (Å²) in [6, 6.07) is 8.04. The molecule has 1 amide bonds. The van der Waals surface area contributed by atoms with Gasteiger partial charge in [-0.3, -0.25) is 4.79 Å². The second-order valence-electron chi connectivity index (χ2n) is 4.83. The van der Waals surface area contributed by atoms with Gasteiger partial charge in [0.05, 0.1) is 5.92 Å². The van der Waals surface area contributed by atoms with Crippen molar-refractivity contribution < 1.29 is 4.79 Å². The van der Waals surface area contributed by atoms with Crippen LogP contribution in [0.5, 0.6) is 0 Å². The summed E-state index contributed by atoms with van der Waals surface area (Å²) in [5.41, 5.74) is 3.22. The number of nitrogens with zero attached hydrogens (tertiary/aromatic N) is 1. The molecule has 3 heteroatoms. The molecule has 1 aliphatic rings. The van der Waals surface area contributed by atoms with Crippen molar-refractivity contribution in [1.29, 1.82) is 0 Å². The van der Waals surface area contributed by atoms with Crippen molar-refractivity contribution >= 4 is 11.6 Å². The lowest BCUT2D eigenvalue weighted by Gasteiger charge is -2.24. The Morgan fingerprint density at radius 2 is 2.22 bits per heavy atom. The number of amides is 1. The van der Waals surface area contributed by atoms with Crippen LogP contribution in [0.1, 0.15) is 25.3 Å². The van der Waals surface area contributed by atoms with Gasteiger partial charge in [0.25, 0.3) is 0 Å². The molecule has 0 radical (unpaired) electrons. The van der Waals surface area contributed by atoms with E-state index in [1.807, 2.05) is 43.0 Å². The number of fused-ring (bicyclic) bond motifs is 1. The highest BCUT2D eigenvalue weighted by Crippen LogP contribution is 2.32. The zero-order valence-electron chi connectivity index (χ0n) is 11.1. The molecule has 0 aromatic heterocycles. The number of likely N-dealkylation sites (N-methyl/N-ethyl adjacent to an activating group) is 1. The molecular formula is C15H20N2O. The molecule has 1 aromatic carbocycles. The van der Waals surface area contributed by atoms with E-state index in [0.717, 1.165) is 23.4 Å². The van der Waals surface area contributed by atoms with Crippen molar-refractivity contribution in [2.24, 2.45) is 0 Å². The van der Waals surface area contributed by atoms with Gasteiger partial charge >= 0.3 is 0 Å². The van der Waals surface area contributed by atoms with Gasteiger partial charge in [0, 0.05) is 25.3 Å². The molecule has 2 rings (SSSR count). The maximum Gasteiger partial charge on any atom is 0.232 e. The van der Waals surface area contributed by atoms with E-state index in [9.17, 15) is 4.79 Å². The first-order chi connectivity index (χ1) is 8.63. The Balaban J connectivity index is 2.17. The van der Waals surface area contributed by atoms with Crippen LogP contribution in [0.2, 0.25) is 0 Å². The summed E-state index contributed by atoms with van der Waals surface area (Å²) >= 11 is 0. The van der Waals surface area contributed by atoms with E-state index in [1.165, 1.54) is 0 Å². The van der Waals surface area contributed by atoms with Crippen molar-refractivity contribution in [1.82, 2.24) is 4.90 Å². The Kier molecular flexibility index (Phi) is 3.70. The highest BCUT2D eigenvalue weighted by atomic mass is 16.2. The second kappa shape index (κ2) is 5.25. The van der Waals surface area contributed by atoms with Crippen LogP contribution in [-0.2, 0) is 4.79 Å². The molecule has 0 bridgehead atoms. The highest BCUT2D eigenvalue weighted by molar-refractivity contribution is 5.88. The van der Waals surface area contributed by atoms with Gasteiger partial charge in [0.1, 0.15) is 0 Å². The van der Waals surface area contributed by atoms with Crippen molar-refractivity contribution in [2.75, 3.05) is 25.0 Å². The molecule has 1 atom stereocenters. The van der Waals surface area contributed by atoms with Crippen LogP contribution >= 0.6 is 0 Å². The molecule has 18 heavy (non-hydrogen) atoms. The molecule has 1 N–H and O–H groups in total. The lowest BCUT2D eigenvalue weighted by Crippen LogP contribution is -2.36. The second-order valence-corrected chi connectivity index (χ2v) is 4.83. The molecule has 0 saturated heterocycles. The molecule has 0 fully saturated rings. The average Bonchev–Trinajstić information content (AvgIpc) is 2.78. The number of hydrogen-bond acceptors (Lipinski definition) is 2. The van der Waals surface area contributed by atoms with Crippen molar-refractivity contribution in [3.63, 3.8) is 0 Å². The maximum atomic E-state index is 12.5. The monoisotopic (exact) mass is 244 g/mol. The number of benzene rings is 1. The van der Waals surface area contributed by atoms with Crippen LogP contribution in [0.3, 0.4) is 0 Å². The van der Waals surface area contributed by atoms with Crippen molar-refractivity contribution in [3.8, 4) is 0 Å². The van der Waals surface area contributed by atoms with Gasteiger partial charge in [0.2, 0.25) is 5.91 Å². The minimum Gasteiger partial charge on any atom is -0.384 e. The summed E-state index contributed by atoms with van der Waals surface area (Å²) in [6.45, 7) is 9.92. The van der Waals surface area contributed by atoms with Crippen LogP contribution < -0.4 is 5.32 Å². The third-order valence-corrected chi connectivity index (χ3v) is 3.29. The molecule has 3 nitrogen and oxygen atoms in total. The van der Waals surface area contributed by atoms with Gasteiger partial charge in [-0.2, -0.15) is 0 Å². The van der Waals surface area contributed by atoms with Crippen LogP contribution in [-0.4, -0.2) is 30.4 Å². The van der Waals surface area contributed by atoms with Crippen molar-refractivity contribution in [3.05, 3.63) is 42.0 Å². The fourth-order valence-corrected chi connectivity index (χ4v) is 2.40. The zero-order chi connectivity index (χ0) is 13.1. The average molecular weight is 244 g/mol. The number of carbonyl (C=O) groups excluding carboxylic acids is 1. The number of hydrogen-bond donors (Lipinski definition) is 1. The van der Waals surface area contributed by atoms with E-state index in [1.54, 1.807) is 0 Å². The topological polar surface area (TPSA) is 32.3 Å². The predicted octanol–water partition coefficient (Wildman–Crippen LogP) is 2.62. The fraction of sp³-hybridized carbons (Fsp3) is 0.400. The Hall–Kier alpha value is -1.77. The van der Waals surface area contributed by atoms with Gasteiger partial charge in [-0.25, -0.2) is 0 Å². The zero-order valence-corrected chi connectivity index (χ0v) is 11.1. The summed E-state index contributed by atoms with van der Waals surface area (Å²) in [4.78, 5) is 14.4. The standard InChI is InChI=1S/C15H20N2O/c1-4-17(10-11(2)3)15(18)13-9-16-14-8-6-5-7-12(13)14/h5-8,13,16H,2,4,9-10H2,1,3H3.